The van der Waals surface area contributed by atoms with Crippen LogP contribution in [0.2, 0.25) is 0 Å². The number of hydrogen-bond acceptors (Lipinski definition) is 5. The average Bonchev–Trinajstić information content (AvgIpc) is 3.25. The molecule has 6 nitrogen and oxygen atoms in total. The van der Waals surface area contributed by atoms with Crippen LogP contribution in [0.3, 0.4) is 0 Å². The number of nitrogens with zero attached hydrogens (tertiary/aromatic N) is 1. The first kappa shape index (κ1) is 16.3. The topological polar surface area (TPSA) is 76.8 Å². The quantitative estimate of drug-likeness (QED) is 0.367. The lowest BCUT2D eigenvalue weighted by molar-refractivity contribution is -0.122. The first-order valence-corrected chi connectivity index (χ1v) is 8.47. The Morgan fingerprint density at radius 2 is 1.96 bits per heavy atom. The third-order valence-corrected chi connectivity index (χ3v) is 4.90. The summed E-state index contributed by atoms with van der Waals surface area (Å²) in [5.74, 6) is -1.74. The molecular formula is C20H17NO5. The van der Waals surface area contributed by atoms with Gasteiger partial charge in [-0.05, 0) is 36.6 Å². The van der Waals surface area contributed by atoms with Gasteiger partial charge in [-0.25, -0.2) is 9.69 Å². The number of fused-ring (bicyclic) bond motifs is 1. The average molecular weight is 351 g/mol. The van der Waals surface area contributed by atoms with Crippen molar-refractivity contribution < 1.29 is 23.5 Å². The number of carbonyl (C=O) groups is 3. The molecule has 6 heteroatoms. The van der Waals surface area contributed by atoms with Gasteiger partial charge in [0, 0.05) is 0 Å². The fraction of sp³-hybridized carbons (Fsp3) is 0.250. The first-order chi connectivity index (χ1) is 12.6. The molecule has 1 aromatic carbocycles. The third kappa shape index (κ3) is 2.54. The van der Waals surface area contributed by atoms with Gasteiger partial charge in [0.15, 0.2) is 5.75 Å². The van der Waals surface area contributed by atoms with E-state index in [9.17, 15) is 14.4 Å². The smallest absolute Gasteiger partial charge is 0.379 e. The van der Waals surface area contributed by atoms with Gasteiger partial charge in [0.25, 0.3) is 0 Å². The highest BCUT2D eigenvalue weighted by Gasteiger charge is 2.51. The SMILES string of the molecule is C[C@@H]1C=CC[C@H]2C(=O)N(c3ccccc3OC(=O)c3ccco3)C(=O)[C@H]12. The zero-order valence-corrected chi connectivity index (χ0v) is 14.1. The number of amides is 2. The number of furan rings is 1. The normalized spacial score (nSPS) is 24.7. The molecule has 3 atom stereocenters. The molecule has 0 N–H and O–H groups in total. The van der Waals surface area contributed by atoms with E-state index in [1.54, 1.807) is 30.3 Å². The van der Waals surface area contributed by atoms with Crippen molar-refractivity contribution in [1.82, 2.24) is 0 Å². The summed E-state index contributed by atoms with van der Waals surface area (Å²) in [7, 11) is 0. The molecule has 26 heavy (non-hydrogen) atoms. The highest BCUT2D eigenvalue weighted by Crippen LogP contribution is 2.42. The summed E-state index contributed by atoms with van der Waals surface area (Å²) >= 11 is 0. The molecule has 1 aliphatic carbocycles. The summed E-state index contributed by atoms with van der Waals surface area (Å²) in [6.45, 7) is 1.94. The Bertz CT molecular complexity index is 899. The van der Waals surface area contributed by atoms with E-state index in [-0.39, 0.29) is 46.8 Å². The molecule has 2 heterocycles. The van der Waals surface area contributed by atoms with Crippen LogP contribution in [0, 0.1) is 17.8 Å². The summed E-state index contributed by atoms with van der Waals surface area (Å²) < 4.78 is 10.4. The van der Waals surface area contributed by atoms with E-state index in [0.29, 0.717) is 6.42 Å². The van der Waals surface area contributed by atoms with Gasteiger partial charge in [-0.3, -0.25) is 9.59 Å². The van der Waals surface area contributed by atoms with E-state index in [2.05, 4.69) is 0 Å². The van der Waals surface area contributed by atoms with Crippen LogP contribution in [0.25, 0.3) is 0 Å². The van der Waals surface area contributed by atoms with Crippen LogP contribution in [0.5, 0.6) is 5.75 Å². The van der Waals surface area contributed by atoms with E-state index >= 15 is 0 Å². The largest absolute Gasteiger partial charge is 0.457 e. The van der Waals surface area contributed by atoms with Gasteiger partial charge in [0.2, 0.25) is 17.6 Å². The summed E-state index contributed by atoms with van der Waals surface area (Å²) in [5, 5.41) is 0. The maximum Gasteiger partial charge on any atom is 0.379 e. The molecule has 1 saturated heterocycles. The second-order valence-corrected chi connectivity index (χ2v) is 6.50. The van der Waals surface area contributed by atoms with Crippen LogP contribution in [0.1, 0.15) is 23.9 Å². The lowest BCUT2D eigenvalue weighted by Gasteiger charge is -2.22. The molecule has 0 saturated carbocycles. The summed E-state index contributed by atoms with van der Waals surface area (Å²) in [6, 6.07) is 9.60. The molecular weight excluding hydrogens is 334 g/mol. The molecule has 0 bridgehead atoms. The van der Waals surface area contributed by atoms with E-state index in [4.69, 9.17) is 9.15 Å². The predicted octanol–water partition coefficient (Wildman–Crippen LogP) is 3.20. The number of benzene rings is 1. The number of allylic oxidation sites excluding steroid dienone is 2. The van der Waals surface area contributed by atoms with Crippen LogP contribution in [-0.4, -0.2) is 17.8 Å². The second kappa shape index (κ2) is 6.29. The second-order valence-electron chi connectivity index (χ2n) is 6.50. The van der Waals surface area contributed by atoms with Gasteiger partial charge in [0.1, 0.15) is 0 Å². The highest BCUT2D eigenvalue weighted by molar-refractivity contribution is 6.23. The fourth-order valence-electron chi connectivity index (χ4n) is 3.66. The molecule has 1 fully saturated rings. The minimum Gasteiger partial charge on any atom is -0.457 e. The zero-order valence-electron chi connectivity index (χ0n) is 14.1. The van der Waals surface area contributed by atoms with E-state index in [0.717, 1.165) is 4.90 Å². The minimum absolute atomic E-state index is 0.00645. The Balaban J connectivity index is 1.67. The van der Waals surface area contributed by atoms with Gasteiger partial charge in [0.05, 0.1) is 23.8 Å². The van der Waals surface area contributed by atoms with Crippen molar-refractivity contribution in [3.05, 3.63) is 60.6 Å². The predicted molar refractivity (Wildman–Crippen MR) is 92.5 cm³/mol. The number of para-hydroxylation sites is 2. The molecule has 2 aliphatic rings. The Kier molecular flexibility index (Phi) is 3.95. The van der Waals surface area contributed by atoms with E-state index in [1.165, 1.54) is 12.3 Å². The van der Waals surface area contributed by atoms with Gasteiger partial charge in [-0.1, -0.05) is 31.2 Å². The fourth-order valence-corrected chi connectivity index (χ4v) is 3.66. The first-order valence-electron chi connectivity index (χ1n) is 8.47. The molecule has 4 rings (SSSR count). The molecule has 0 unspecified atom stereocenters. The van der Waals surface area contributed by atoms with E-state index in [1.807, 2.05) is 19.1 Å². The summed E-state index contributed by atoms with van der Waals surface area (Å²) in [5.41, 5.74) is 0.281. The standard InChI is InChI=1S/C20H17NO5/c1-12-6-4-7-13-17(12)19(23)21(18(13)22)14-8-2-3-9-15(14)26-20(24)16-10-5-11-25-16/h2-6,8-13,17H,7H2,1H3/t12-,13-,17-/m1/s1. The van der Waals surface area contributed by atoms with Crippen molar-refractivity contribution >= 4 is 23.5 Å². The molecule has 2 amide bonds. The van der Waals surface area contributed by atoms with Crippen LogP contribution >= 0.6 is 0 Å². The Morgan fingerprint density at radius 1 is 1.15 bits per heavy atom. The lowest BCUT2D eigenvalue weighted by Crippen LogP contribution is -2.32. The van der Waals surface area contributed by atoms with Crippen LogP contribution in [0.15, 0.2) is 59.2 Å². The molecule has 0 spiro atoms. The van der Waals surface area contributed by atoms with E-state index < -0.39 is 5.97 Å². The zero-order chi connectivity index (χ0) is 18.3. The number of ether oxygens (including phenoxy) is 1. The maximum absolute atomic E-state index is 12.9. The Morgan fingerprint density at radius 3 is 2.69 bits per heavy atom. The maximum atomic E-state index is 12.9. The van der Waals surface area contributed by atoms with Crippen LogP contribution in [0.4, 0.5) is 5.69 Å². The van der Waals surface area contributed by atoms with Gasteiger partial charge in [-0.2, -0.15) is 0 Å². The van der Waals surface area contributed by atoms with Crippen molar-refractivity contribution in [2.75, 3.05) is 4.90 Å². The Labute approximate surface area is 150 Å². The molecule has 1 aromatic heterocycles. The van der Waals surface area contributed by atoms with Gasteiger partial charge in [-0.15, -0.1) is 0 Å². The molecule has 132 valence electrons. The minimum atomic E-state index is -0.686. The van der Waals surface area contributed by atoms with Crippen molar-refractivity contribution in [2.24, 2.45) is 17.8 Å². The van der Waals surface area contributed by atoms with Crippen molar-refractivity contribution in [2.45, 2.75) is 13.3 Å². The number of imide groups is 1. The molecule has 1 aliphatic heterocycles. The number of anilines is 1. The number of hydrogen-bond donors (Lipinski definition) is 0. The lowest BCUT2D eigenvalue weighted by atomic mass is 9.78. The monoisotopic (exact) mass is 351 g/mol. The number of esters is 1. The number of carbonyl (C=O) groups excluding carboxylic acids is 3. The van der Waals surface area contributed by atoms with Crippen molar-refractivity contribution in [1.29, 1.82) is 0 Å². The van der Waals surface area contributed by atoms with Crippen molar-refractivity contribution in [3.8, 4) is 5.75 Å². The summed E-state index contributed by atoms with van der Waals surface area (Å²) in [4.78, 5) is 39.2. The molecule has 2 aromatic rings. The number of rotatable bonds is 3. The third-order valence-electron chi connectivity index (χ3n) is 4.90. The van der Waals surface area contributed by atoms with Gasteiger partial charge >= 0.3 is 5.97 Å². The van der Waals surface area contributed by atoms with Gasteiger partial charge < -0.3 is 9.15 Å². The van der Waals surface area contributed by atoms with Crippen molar-refractivity contribution in [3.63, 3.8) is 0 Å². The molecule has 0 radical (unpaired) electrons. The Hall–Kier alpha value is -3.15. The van der Waals surface area contributed by atoms with Crippen LogP contribution in [-0.2, 0) is 9.59 Å². The van der Waals surface area contributed by atoms with Crippen LogP contribution < -0.4 is 9.64 Å². The highest BCUT2D eigenvalue weighted by atomic mass is 16.5. The summed E-state index contributed by atoms with van der Waals surface area (Å²) in [6.07, 6.45) is 5.83.